The van der Waals surface area contributed by atoms with Crippen molar-refractivity contribution in [1.29, 1.82) is 0 Å². The third-order valence-electron chi connectivity index (χ3n) is 6.37. The summed E-state index contributed by atoms with van der Waals surface area (Å²) in [5, 5.41) is 1.18. The lowest BCUT2D eigenvalue weighted by molar-refractivity contribution is 0.0752. The second-order valence-corrected chi connectivity index (χ2v) is 8.14. The number of amides is 1. The van der Waals surface area contributed by atoms with E-state index in [9.17, 15) is 4.79 Å². The normalized spacial score (nSPS) is 15.3. The Morgan fingerprint density at radius 1 is 0.875 bits per heavy atom. The Morgan fingerprint density at radius 2 is 1.62 bits per heavy atom. The third-order valence-corrected chi connectivity index (χ3v) is 6.37. The molecular formula is C27H26N2O3. The molecule has 32 heavy (non-hydrogen) atoms. The van der Waals surface area contributed by atoms with Gasteiger partial charge in [0.05, 0.1) is 20.3 Å². The van der Waals surface area contributed by atoms with Crippen molar-refractivity contribution < 1.29 is 14.3 Å². The molecule has 2 heterocycles. The average molecular weight is 427 g/mol. The summed E-state index contributed by atoms with van der Waals surface area (Å²) in [6, 6.07) is 22.2. The van der Waals surface area contributed by atoms with Gasteiger partial charge in [0.1, 0.15) is 0 Å². The van der Waals surface area contributed by atoms with Gasteiger partial charge in [-0.1, -0.05) is 42.5 Å². The Morgan fingerprint density at radius 3 is 2.44 bits per heavy atom. The first-order valence-corrected chi connectivity index (χ1v) is 10.8. The SMILES string of the molecule is COc1ccc(CCN2C(=O)c3ccccc3[C@H]2c2cn(C)c3ccccc23)cc1OC. The Bertz CT molecular complexity index is 1310. The van der Waals surface area contributed by atoms with Crippen LogP contribution in [0.15, 0.2) is 72.9 Å². The fourth-order valence-electron chi connectivity index (χ4n) is 4.81. The first-order valence-electron chi connectivity index (χ1n) is 10.8. The van der Waals surface area contributed by atoms with Crippen molar-refractivity contribution in [2.75, 3.05) is 20.8 Å². The molecule has 0 aliphatic carbocycles. The van der Waals surface area contributed by atoms with E-state index in [1.807, 2.05) is 41.3 Å². The number of aromatic nitrogens is 1. The van der Waals surface area contributed by atoms with Crippen LogP contribution in [0.2, 0.25) is 0 Å². The molecule has 0 N–H and O–H groups in total. The van der Waals surface area contributed by atoms with Crippen LogP contribution in [0, 0.1) is 0 Å². The number of para-hydroxylation sites is 1. The largest absolute Gasteiger partial charge is 0.493 e. The molecule has 1 aliphatic rings. The van der Waals surface area contributed by atoms with Gasteiger partial charge < -0.3 is 18.9 Å². The van der Waals surface area contributed by atoms with E-state index in [-0.39, 0.29) is 11.9 Å². The lowest BCUT2D eigenvalue weighted by atomic mass is 9.97. The molecule has 4 aromatic rings. The molecule has 0 saturated carbocycles. The standard InChI is InChI=1S/C27H26N2O3/c1-28-17-22(19-8-6-7-11-23(19)28)26-20-9-4-5-10-21(20)27(30)29(26)15-14-18-12-13-24(31-2)25(16-18)32-3/h4-13,16-17,26H,14-15H2,1-3H3/t26-/m0/s1. The van der Waals surface area contributed by atoms with Crippen LogP contribution in [0.1, 0.15) is 33.1 Å². The van der Waals surface area contributed by atoms with E-state index < -0.39 is 0 Å². The van der Waals surface area contributed by atoms with Gasteiger partial charge in [-0.05, 0) is 41.8 Å². The van der Waals surface area contributed by atoms with Gasteiger partial charge in [0, 0.05) is 41.8 Å². The van der Waals surface area contributed by atoms with Crippen molar-refractivity contribution in [2.24, 2.45) is 7.05 Å². The molecule has 5 rings (SSSR count). The molecule has 1 atom stereocenters. The number of carbonyl (C=O) groups is 1. The summed E-state index contributed by atoms with van der Waals surface area (Å²) >= 11 is 0. The summed E-state index contributed by atoms with van der Waals surface area (Å²) in [6.45, 7) is 0.608. The van der Waals surface area contributed by atoms with Crippen molar-refractivity contribution in [3.63, 3.8) is 0 Å². The summed E-state index contributed by atoms with van der Waals surface area (Å²) in [5.41, 5.74) is 5.29. The van der Waals surface area contributed by atoms with Gasteiger partial charge in [-0.2, -0.15) is 0 Å². The lowest BCUT2D eigenvalue weighted by Crippen LogP contribution is -2.30. The predicted octanol–water partition coefficient (Wildman–Crippen LogP) is 4.98. The Kier molecular flexibility index (Phi) is 5.10. The number of hydrogen-bond donors (Lipinski definition) is 0. The minimum Gasteiger partial charge on any atom is -0.493 e. The Balaban J connectivity index is 1.53. The first-order chi connectivity index (χ1) is 15.6. The Labute approximate surface area is 187 Å². The number of ether oxygens (including phenoxy) is 2. The zero-order valence-corrected chi connectivity index (χ0v) is 18.5. The van der Waals surface area contributed by atoms with Crippen molar-refractivity contribution in [1.82, 2.24) is 9.47 Å². The van der Waals surface area contributed by atoms with Gasteiger partial charge in [0.15, 0.2) is 11.5 Å². The molecular weight excluding hydrogens is 400 g/mol. The van der Waals surface area contributed by atoms with Crippen LogP contribution in [-0.2, 0) is 13.5 Å². The molecule has 0 saturated heterocycles. The maximum absolute atomic E-state index is 13.4. The summed E-state index contributed by atoms with van der Waals surface area (Å²) < 4.78 is 12.9. The quantitative estimate of drug-likeness (QED) is 0.437. The van der Waals surface area contributed by atoms with Crippen LogP contribution in [0.25, 0.3) is 10.9 Å². The molecule has 0 unspecified atom stereocenters. The van der Waals surface area contributed by atoms with E-state index in [1.54, 1.807) is 14.2 Å². The minimum atomic E-state index is -0.107. The smallest absolute Gasteiger partial charge is 0.255 e. The topological polar surface area (TPSA) is 43.7 Å². The number of aryl methyl sites for hydroxylation is 1. The van der Waals surface area contributed by atoms with Crippen LogP contribution in [0.4, 0.5) is 0 Å². The summed E-state index contributed by atoms with van der Waals surface area (Å²) in [7, 11) is 5.33. The monoisotopic (exact) mass is 426 g/mol. The molecule has 0 radical (unpaired) electrons. The van der Waals surface area contributed by atoms with Crippen molar-refractivity contribution in [3.05, 3.63) is 95.2 Å². The molecule has 162 valence electrons. The van der Waals surface area contributed by atoms with Crippen molar-refractivity contribution in [3.8, 4) is 11.5 Å². The number of methoxy groups -OCH3 is 2. The van der Waals surface area contributed by atoms with Crippen molar-refractivity contribution >= 4 is 16.8 Å². The van der Waals surface area contributed by atoms with Crippen LogP contribution in [0.3, 0.4) is 0 Å². The van der Waals surface area contributed by atoms with Gasteiger partial charge in [0.2, 0.25) is 0 Å². The second-order valence-electron chi connectivity index (χ2n) is 8.14. The third kappa shape index (κ3) is 3.21. The highest BCUT2D eigenvalue weighted by molar-refractivity contribution is 6.00. The highest BCUT2D eigenvalue weighted by Gasteiger charge is 2.38. The summed E-state index contributed by atoms with van der Waals surface area (Å²) in [5.74, 6) is 1.49. The number of hydrogen-bond acceptors (Lipinski definition) is 3. The number of rotatable bonds is 6. The average Bonchev–Trinajstić information content (AvgIpc) is 3.31. The number of fused-ring (bicyclic) bond motifs is 2. The molecule has 1 aliphatic heterocycles. The minimum absolute atomic E-state index is 0.0824. The lowest BCUT2D eigenvalue weighted by Gasteiger charge is -2.25. The molecule has 1 amide bonds. The summed E-state index contributed by atoms with van der Waals surface area (Å²) in [4.78, 5) is 15.4. The Hall–Kier alpha value is -3.73. The van der Waals surface area contributed by atoms with Gasteiger partial charge in [0.25, 0.3) is 5.91 Å². The molecule has 5 nitrogen and oxygen atoms in total. The zero-order chi connectivity index (χ0) is 22.2. The fourth-order valence-corrected chi connectivity index (χ4v) is 4.81. The predicted molar refractivity (Wildman–Crippen MR) is 125 cm³/mol. The van der Waals surface area contributed by atoms with E-state index in [0.29, 0.717) is 18.0 Å². The van der Waals surface area contributed by atoms with E-state index >= 15 is 0 Å². The second kappa shape index (κ2) is 8.08. The van der Waals surface area contributed by atoms with Gasteiger partial charge in [-0.15, -0.1) is 0 Å². The summed E-state index contributed by atoms with van der Waals surface area (Å²) in [6.07, 6.45) is 2.88. The van der Waals surface area contributed by atoms with Gasteiger partial charge in [-0.25, -0.2) is 0 Å². The number of nitrogens with zero attached hydrogens (tertiary/aromatic N) is 2. The van der Waals surface area contributed by atoms with E-state index in [4.69, 9.17) is 9.47 Å². The molecule has 0 fully saturated rings. The maximum atomic E-state index is 13.4. The van der Waals surface area contributed by atoms with Crippen LogP contribution in [-0.4, -0.2) is 36.1 Å². The van der Waals surface area contributed by atoms with E-state index in [0.717, 1.165) is 28.7 Å². The number of carbonyl (C=O) groups excluding carboxylic acids is 1. The molecule has 1 aromatic heterocycles. The number of benzene rings is 3. The molecule has 0 bridgehead atoms. The highest BCUT2D eigenvalue weighted by atomic mass is 16.5. The van der Waals surface area contributed by atoms with Crippen LogP contribution in [0.5, 0.6) is 11.5 Å². The zero-order valence-electron chi connectivity index (χ0n) is 18.5. The van der Waals surface area contributed by atoms with Crippen molar-refractivity contribution in [2.45, 2.75) is 12.5 Å². The van der Waals surface area contributed by atoms with E-state index in [2.05, 4.69) is 48.1 Å². The molecule has 5 heteroatoms. The van der Waals surface area contributed by atoms with E-state index in [1.165, 1.54) is 10.9 Å². The molecule has 0 spiro atoms. The van der Waals surface area contributed by atoms with Gasteiger partial charge >= 0.3 is 0 Å². The highest BCUT2D eigenvalue weighted by Crippen LogP contribution is 2.41. The maximum Gasteiger partial charge on any atom is 0.255 e. The molecule has 3 aromatic carbocycles. The fraction of sp³-hybridized carbons (Fsp3) is 0.222. The van der Waals surface area contributed by atoms with Crippen LogP contribution < -0.4 is 9.47 Å². The first kappa shape index (κ1) is 20.2. The van der Waals surface area contributed by atoms with Gasteiger partial charge in [-0.3, -0.25) is 4.79 Å². The van der Waals surface area contributed by atoms with Crippen LogP contribution >= 0.6 is 0 Å².